The summed E-state index contributed by atoms with van der Waals surface area (Å²) in [6.45, 7) is 20.8. The number of piperidine rings is 2. The predicted octanol–water partition coefficient (Wildman–Crippen LogP) is 8.08. The van der Waals surface area contributed by atoms with Crippen LogP contribution < -0.4 is 41.4 Å². The monoisotopic (exact) mass is 1920 g/mol. The molecule has 712 valence electrons. The molecule has 135 heavy (non-hydrogen) atoms. The topological polar surface area (TPSA) is 455 Å². The van der Waals surface area contributed by atoms with E-state index >= 15 is 0 Å². The van der Waals surface area contributed by atoms with Gasteiger partial charge in [0.1, 0.15) is 68.0 Å². The minimum atomic E-state index is -1.13. The molecule has 2 unspecified atom stereocenters. The van der Waals surface area contributed by atoms with Gasteiger partial charge < -0.3 is 55.4 Å². The number of ketones is 1. The van der Waals surface area contributed by atoms with Crippen molar-refractivity contribution in [2.45, 2.75) is 155 Å². The lowest BCUT2D eigenvalue weighted by Gasteiger charge is -2.32. The highest BCUT2D eigenvalue weighted by Gasteiger charge is 2.49. The lowest BCUT2D eigenvalue weighted by atomic mass is 9.99. The third kappa shape index (κ3) is 23.0. The number of imide groups is 4. The lowest BCUT2D eigenvalue weighted by Crippen LogP contribution is -2.54. The van der Waals surface area contributed by atoms with Gasteiger partial charge in [0.15, 0.2) is 24.9 Å². The Morgan fingerprint density at radius 1 is 0.481 bits per heavy atom. The first kappa shape index (κ1) is 98.5. The van der Waals surface area contributed by atoms with E-state index in [0.717, 1.165) is 141 Å². The number of hydrogen-bond donors (Lipinski definition) is 7. The second-order valence-corrected chi connectivity index (χ2v) is 37.1. The highest BCUT2D eigenvalue weighted by Crippen LogP contribution is 2.44. The number of fused-ring (bicyclic) bond motifs is 8. The summed E-state index contributed by atoms with van der Waals surface area (Å²) >= 11 is 15.0. The molecule has 41 heteroatoms. The summed E-state index contributed by atoms with van der Waals surface area (Å²) in [5.74, 6) is -4.64. The summed E-state index contributed by atoms with van der Waals surface area (Å²) in [6, 6.07) is 20.2. The number of aromatic nitrogens is 6. The van der Waals surface area contributed by atoms with Gasteiger partial charge in [0.05, 0.1) is 45.0 Å². The number of benzene rings is 4. The van der Waals surface area contributed by atoms with Crippen LogP contribution in [-0.4, -0.2) is 289 Å². The zero-order valence-electron chi connectivity index (χ0n) is 76.1. The molecule has 4 fully saturated rings. The number of nitrogens with one attached hydrogen (secondary N) is 6. The molecule has 4 aromatic carbocycles. The number of aromatic carboxylic acids is 1. The maximum atomic E-state index is 13.8. The second kappa shape index (κ2) is 44.8. The standard InChI is InChI=1S/C46H52ClN11O8S.C28H33ClN6O3S.C20H23N3O6/c1-26-37-39(28-10-12-29(47)13-11-28)51-31(24-35(60)48-18-7-19-56-22-20-55(3)21-23-56)41-54-53-27(2)57(41)46(37)67-40(26)43(63)50-17-5-4-16-49-36(61)25-66-33-9-6-8-30-38(33)45(65)58(44(30)64)32-14-15-34(59)52-42(32)62;1-17-23-24(19-7-9-20(29)10-8-19)30-22(16-21(36)6-4-5-11-34-14-12-33(3)13-15-34)26-32-31-18(2)35(26)27(23)39-25(17)28(37)38;1-2-3-4-10-21-16(25)11-29-14-7-5-6-12-17(14)20(28)23(19(12)27)13-8-9-15(24)22-18(13)26/h6,8-13,31-32H,4-5,7,14-25H2,1-3H3,(H,48,60)(H,49,61)(H,50,63)(H,52,59,62);7-10,22H,4-6,11-16H2,1-3H3,(H,37,38);5-7,13H,2-4,8-11H2,1H3,(H,21,25)(H,22,24,26)/t31-,32?;22-;/m01./s1. The quantitative estimate of drug-likeness (QED) is 0.0148. The number of aliphatic imine (C=N–C) groups is 2. The van der Waals surface area contributed by atoms with Gasteiger partial charge in [0, 0.05) is 137 Å². The molecule has 0 spiro atoms. The van der Waals surface area contributed by atoms with Gasteiger partial charge in [0.25, 0.3) is 41.4 Å². The number of carbonyl (C=O) groups is 14. The summed E-state index contributed by atoms with van der Waals surface area (Å²) in [4.78, 5) is 199. The number of aryl methyl sites for hydroxylation is 2. The minimum Gasteiger partial charge on any atom is -0.483 e. The number of piperazine rings is 2. The number of thiophene rings is 2. The molecular formula is C94H108Cl2N20O17S2. The molecule has 37 nitrogen and oxygen atoms in total. The van der Waals surface area contributed by atoms with Crippen LogP contribution in [0.3, 0.4) is 0 Å². The van der Waals surface area contributed by atoms with Crippen molar-refractivity contribution in [3.05, 3.63) is 184 Å². The molecule has 16 rings (SSSR count). The van der Waals surface area contributed by atoms with Crippen LogP contribution in [0.4, 0.5) is 0 Å². The Kier molecular flexibility index (Phi) is 32.7. The van der Waals surface area contributed by atoms with Gasteiger partial charge in [-0.25, -0.2) is 4.79 Å². The van der Waals surface area contributed by atoms with E-state index in [1.54, 1.807) is 37.3 Å². The number of Topliss-reactive ketones (excluding diaryl/α,β-unsaturated/α-hetero) is 1. The molecule has 8 aromatic rings. The predicted molar refractivity (Wildman–Crippen MR) is 502 cm³/mol. The number of rotatable bonds is 34. The minimum absolute atomic E-state index is 0.00752. The number of halogens is 2. The smallest absolute Gasteiger partial charge is 0.346 e. The molecule has 4 saturated heterocycles. The molecular weight excluding hydrogens is 1820 g/mol. The van der Waals surface area contributed by atoms with E-state index in [1.807, 2.05) is 54.2 Å². The Balaban J connectivity index is 0.000000180. The number of nitrogens with zero attached hydrogens (tertiary/aromatic N) is 14. The number of carbonyl (C=O) groups excluding carboxylic acids is 13. The Morgan fingerprint density at radius 3 is 1.36 bits per heavy atom. The van der Waals surface area contributed by atoms with Crippen molar-refractivity contribution in [1.29, 1.82) is 0 Å². The normalized spacial score (nSPS) is 18.3. The van der Waals surface area contributed by atoms with Gasteiger partial charge in [0.2, 0.25) is 29.5 Å². The molecule has 12 amide bonds. The van der Waals surface area contributed by atoms with Crippen LogP contribution in [0.25, 0.3) is 10.0 Å². The molecule has 0 radical (unpaired) electrons. The third-order valence-electron chi connectivity index (χ3n) is 24.7. The van der Waals surface area contributed by atoms with Gasteiger partial charge in [-0.05, 0) is 166 Å². The first-order chi connectivity index (χ1) is 64.9. The van der Waals surface area contributed by atoms with Crippen LogP contribution in [0, 0.1) is 27.7 Å². The van der Waals surface area contributed by atoms with E-state index in [9.17, 15) is 72.2 Å². The molecule has 0 bridgehead atoms. The van der Waals surface area contributed by atoms with E-state index in [1.165, 1.54) is 53.0 Å². The van der Waals surface area contributed by atoms with Crippen molar-refractivity contribution in [2.75, 3.05) is 119 Å². The fourth-order valence-corrected chi connectivity index (χ4v) is 20.1. The van der Waals surface area contributed by atoms with Crippen molar-refractivity contribution in [1.82, 2.24) is 90.8 Å². The lowest BCUT2D eigenvalue weighted by molar-refractivity contribution is -0.137. The fourth-order valence-electron chi connectivity index (χ4n) is 17.3. The van der Waals surface area contributed by atoms with Crippen molar-refractivity contribution in [2.24, 2.45) is 9.98 Å². The number of hydrogen-bond acceptors (Lipinski definition) is 28. The number of unbranched alkanes of at least 4 members (excludes halogenated alkanes) is 4. The second-order valence-electron chi connectivity index (χ2n) is 34.3. The summed E-state index contributed by atoms with van der Waals surface area (Å²) in [5, 5.41) is 46.0. The first-order valence-electron chi connectivity index (χ1n) is 45.3. The molecule has 4 atom stereocenters. The van der Waals surface area contributed by atoms with Gasteiger partial charge in [-0.1, -0.05) is 79.4 Å². The molecule has 12 heterocycles. The largest absolute Gasteiger partial charge is 0.483 e. The van der Waals surface area contributed by atoms with Gasteiger partial charge in [-0.15, -0.1) is 43.1 Å². The molecule has 0 aliphatic carbocycles. The van der Waals surface area contributed by atoms with Gasteiger partial charge in [-0.2, -0.15) is 0 Å². The van der Waals surface area contributed by atoms with Crippen LogP contribution in [0.5, 0.6) is 11.5 Å². The van der Waals surface area contributed by atoms with Crippen molar-refractivity contribution in [3.63, 3.8) is 0 Å². The third-order valence-corrected chi connectivity index (χ3v) is 27.7. The maximum absolute atomic E-state index is 13.8. The van der Waals surface area contributed by atoms with E-state index in [-0.39, 0.29) is 114 Å². The van der Waals surface area contributed by atoms with E-state index in [2.05, 4.69) is 92.9 Å². The Hall–Kier alpha value is -12.5. The molecule has 0 saturated carbocycles. The number of amides is 12. The van der Waals surface area contributed by atoms with Crippen molar-refractivity contribution in [3.8, 4) is 21.5 Å². The summed E-state index contributed by atoms with van der Waals surface area (Å²) in [6.07, 6.45) is 7.57. The number of carboxylic acids is 1. The van der Waals surface area contributed by atoms with Crippen LogP contribution in [0.2, 0.25) is 10.0 Å². The molecule has 7 N–H and O–H groups in total. The SMILES string of the molecule is CCCCCNC(=O)COc1cccc2c1C(=O)N(C1CCC(=O)NC1=O)C2=O.Cc1c(C(=O)NCCCCNC(=O)COc2cccc3c2C(=O)N(C2CCC(=O)NC2=O)C3=O)sc2c1C(c1ccc(Cl)cc1)=N[C@@H](CC(=O)NCCCN1CCN(C)CC1)c1nnc(C)n1-2.Cc1c(C(=O)O)sc2c1C(c1ccc(Cl)cc1)=N[C@H](CC(=O)CCCCN1CCN(C)CC1)c1nnc(C)n1-2. The van der Waals surface area contributed by atoms with Crippen LogP contribution in [-0.2, 0) is 38.4 Å². The van der Waals surface area contributed by atoms with Crippen molar-refractivity contribution < 1.29 is 81.7 Å². The van der Waals surface area contributed by atoms with Crippen LogP contribution >= 0.6 is 45.9 Å². The van der Waals surface area contributed by atoms with E-state index in [4.69, 9.17) is 42.7 Å². The van der Waals surface area contributed by atoms with Gasteiger partial charge >= 0.3 is 5.97 Å². The Morgan fingerprint density at radius 2 is 0.904 bits per heavy atom. The number of carboxylic acid groups (broad SMARTS) is 1. The average Bonchev–Trinajstić information content (AvgIpc) is 1.61. The van der Waals surface area contributed by atoms with Crippen LogP contribution in [0.1, 0.15) is 233 Å². The zero-order valence-corrected chi connectivity index (χ0v) is 79.3. The number of ether oxygens (including phenoxy) is 2. The maximum Gasteiger partial charge on any atom is 0.346 e. The Labute approximate surface area is 796 Å². The summed E-state index contributed by atoms with van der Waals surface area (Å²) in [7, 11) is 4.28. The summed E-state index contributed by atoms with van der Waals surface area (Å²) < 4.78 is 14.9. The van der Waals surface area contributed by atoms with E-state index < -0.39 is 89.9 Å². The molecule has 8 aliphatic heterocycles. The fraction of sp³-hybridized carbons (Fsp3) is 0.447. The van der Waals surface area contributed by atoms with Crippen molar-refractivity contribution >= 4 is 140 Å². The first-order valence-corrected chi connectivity index (χ1v) is 47.7. The average molecular weight is 1930 g/mol. The molecule has 8 aliphatic rings. The molecule has 4 aromatic heterocycles. The highest BCUT2D eigenvalue weighted by molar-refractivity contribution is 7.17. The van der Waals surface area contributed by atoms with Crippen LogP contribution in [0.15, 0.2) is 94.9 Å². The zero-order chi connectivity index (χ0) is 96.0. The number of likely N-dealkylation sites (N-methyl/N-ethyl adjacent to an activating group) is 2. The van der Waals surface area contributed by atoms with Gasteiger partial charge in [-0.3, -0.25) is 102 Å². The highest BCUT2D eigenvalue weighted by atomic mass is 35.5. The summed E-state index contributed by atoms with van der Waals surface area (Å²) in [5.41, 5.74) is 5.78. The Bertz CT molecular complexity index is 5970. The van der Waals surface area contributed by atoms with E-state index in [0.29, 0.717) is 105 Å².